The second kappa shape index (κ2) is 3.42. The molecule has 1 unspecified atom stereocenters. The minimum absolute atomic E-state index is 0.297. The predicted octanol–water partition coefficient (Wildman–Crippen LogP) is 2.33. The van der Waals surface area contributed by atoms with Crippen molar-refractivity contribution < 1.29 is 8.78 Å². The van der Waals surface area contributed by atoms with E-state index >= 15 is 0 Å². The molecule has 0 radical (unpaired) electrons. The van der Waals surface area contributed by atoms with Gasteiger partial charge in [-0.3, -0.25) is 0 Å². The summed E-state index contributed by atoms with van der Waals surface area (Å²) < 4.78 is 26.2. The Morgan fingerprint density at radius 1 is 1.38 bits per heavy atom. The van der Waals surface area contributed by atoms with Gasteiger partial charge in [0.1, 0.15) is 12.0 Å². The third kappa shape index (κ3) is 1.70. The van der Waals surface area contributed by atoms with Crippen molar-refractivity contribution in [1.29, 1.82) is 0 Å². The number of hydrogen-bond donors (Lipinski definition) is 1. The number of benzene rings is 1. The maximum Gasteiger partial charge on any atom is 0.127 e. The summed E-state index contributed by atoms with van der Waals surface area (Å²) in [5, 5.41) is 3.05. The first-order valence-corrected chi connectivity index (χ1v) is 4.40. The Hall–Kier alpha value is -0.960. The molecule has 13 heavy (non-hydrogen) atoms. The quantitative estimate of drug-likeness (QED) is 0.651. The molecule has 0 saturated carbocycles. The average molecular weight is 183 g/mol. The number of fused-ring (bicyclic) bond motifs is 1. The van der Waals surface area contributed by atoms with Crippen LogP contribution in [0.3, 0.4) is 0 Å². The highest BCUT2D eigenvalue weighted by Crippen LogP contribution is 2.27. The van der Waals surface area contributed by atoms with Crippen molar-refractivity contribution in [2.75, 3.05) is 6.54 Å². The highest BCUT2D eigenvalue weighted by Gasteiger charge is 2.17. The molecule has 1 aliphatic rings. The van der Waals surface area contributed by atoms with Crippen LogP contribution >= 0.6 is 0 Å². The summed E-state index contributed by atoms with van der Waals surface area (Å²) >= 11 is 0. The Morgan fingerprint density at radius 2 is 2.23 bits per heavy atom. The molecule has 1 aromatic rings. The summed E-state index contributed by atoms with van der Waals surface area (Å²) in [5.74, 6) is -0.297. The molecule has 1 N–H and O–H groups in total. The van der Waals surface area contributed by atoms with Crippen molar-refractivity contribution in [2.45, 2.75) is 19.1 Å². The van der Waals surface area contributed by atoms with E-state index < -0.39 is 6.17 Å². The Kier molecular flexibility index (Phi) is 2.27. The highest BCUT2D eigenvalue weighted by atomic mass is 19.1. The Balaban J connectivity index is 2.42. The lowest BCUT2D eigenvalue weighted by Crippen LogP contribution is -2.12. The van der Waals surface area contributed by atoms with Gasteiger partial charge in [-0.05, 0) is 36.2 Å². The predicted molar refractivity (Wildman–Crippen MR) is 46.6 cm³/mol. The van der Waals surface area contributed by atoms with Crippen molar-refractivity contribution in [3.8, 4) is 0 Å². The van der Waals surface area contributed by atoms with Crippen LogP contribution in [0.25, 0.3) is 0 Å². The molecule has 1 aromatic carbocycles. The minimum atomic E-state index is -0.953. The summed E-state index contributed by atoms with van der Waals surface area (Å²) in [6.07, 6.45) is -0.482. The SMILES string of the molecule is Fc1ccc2c(c1)CNCCC2F. The second-order valence-corrected chi connectivity index (χ2v) is 3.28. The van der Waals surface area contributed by atoms with Crippen LogP contribution in [-0.4, -0.2) is 6.54 Å². The van der Waals surface area contributed by atoms with Crippen molar-refractivity contribution in [3.05, 3.63) is 35.1 Å². The summed E-state index contributed by atoms with van der Waals surface area (Å²) in [6, 6.07) is 4.26. The first-order chi connectivity index (χ1) is 6.27. The van der Waals surface area contributed by atoms with Gasteiger partial charge in [0.05, 0.1) is 0 Å². The molecule has 0 fully saturated rings. The van der Waals surface area contributed by atoms with E-state index in [0.717, 1.165) is 5.56 Å². The number of rotatable bonds is 0. The first kappa shape index (κ1) is 8.63. The van der Waals surface area contributed by atoms with Crippen LogP contribution in [0.4, 0.5) is 8.78 Å². The van der Waals surface area contributed by atoms with Crippen LogP contribution in [-0.2, 0) is 6.54 Å². The largest absolute Gasteiger partial charge is 0.313 e. The van der Waals surface area contributed by atoms with Crippen molar-refractivity contribution >= 4 is 0 Å². The van der Waals surface area contributed by atoms with Crippen LogP contribution in [0.15, 0.2) is 18.2 Å². The van der Waals surface area contributed by atoms with Gasteiger partial charge in [0.25, 0.3) is 0 Å². The first-order valence-electron chi connectivity index (χ1n) is 4.40. The lowest BCUT2D eigenvalue weighted by molar-refractivity contribution is 0.326. The summed E-state index contributed by atoms with van der Waals surface area (Å²) in [7, 11) is 0. The van der Waals surface area contributed by atoms with E-state index in [2.05, 4.69) is 5.32 Å². The normalized spacial score (nSPS) is 22.2. The zero-order valence-electron chi connectivity index (χ0n) is 7.19. The molecule has 0 bridgehead atoms. The third-order valence-corrected chi connectivity index (χ3v) is 2.33. The molecule has 3 heteroatoms. The van der Waals surface area contributed by atoms with Gasteiger partial charge in [-0.1, -0.05) is 6.07 Å². The van der Waals surface area contributed by atoms with Crippen LogP contribution in [0.5, 0.6) is 0 Å². The van der Waals surface area contributed by atoms with Crippen molar-refractivity contribution in [3.63, 3.8) is 0 Å². The van der Waals surface area contributed by atoms with Crippen LogP contribution < -0.4 is 5.32 Å². The molecule has 70 valence electrons. The van der Waals surface area contributed by atoms with Gasteiger partial charge in [-0.15, -0.1) is 0 Å². The van der Waals surface area contributed by atoms with Crippen molar-refractivity contribution in [2.24, 2.45) is 0 Å². The molecular formula is C10H11F2N. The van der Waals surface area contributed by atoms with Gasteiger partial charge >= 0.3 is 0 Å². The van der Waals surface area contributed by atoms with Crippen LogP contribution in [0.1, 0.15) is 23.7 Å². The zero-order valence-corrected chi connectivity index (χ0v) is 7.19. The average Bonchev–Trinajstić information content (AvgIpc) is 2.28. The minimum Gasteiger partial charge on any atom is -0.313 e. The highest BCUT2D eigenvalue weighted by molar-refractivity contribution is 5.30. The zero-order chi connectivity index (χ0) is 9.26. The van der Waals surface area contributed by atoms with E-state index in [1.165, 1.54) is 12.1 Å². The molecule has 0 amide bonds. The molecule has 0 aromatic heterocycles. The monoisotopic (exact) mass is 183 g/mol. The van der Waals surface area contributed by atoms with E-state index in [1.807, 2.05) is 0 Å². The van der Waals surface area contributed by atoms with E-state index in [-0.39, 0.29) is 5.82 Å². The third-order valence-electron chi connectivity index (χ3n) is 2.33. The standard InChI is InChI=1S/C10H11F2N/c11-8-1-2-9-7(5-8)6-13-4-3-10(9)12/h1-2,5,10,13H,3-4,6H2. The number of halogens is 2. The number of alkyl halides is 1. The summed E-state index contributed by atoms with van der Waals surface area (Å²) in [4.78, 5) is 0. The van der Waals surface area contributed by atoms with Gasteiger partial charge in [0.15, 0.2) is 0 Å². The van der Waals surface area contributed by atoms with E-state index in [4.69, 9.17) is 0 Å². The topological polar surface area (TPSA) is 12.0 Å². The molecule has 1 atom stereocenters. The van der Waals surface area contributed by atoms with Crippen LogP contribution in [0, 0.1) is 5.82 Å². The van der Waals surface area contributed by atoms with Gasteiger partial charge in [-0.25, -0.2) is 8.78 Å². The fraction of sp³-hybridized carbons (Fsp3) is 0.400. The van der Waals surface area contributed by atoms with Gasteiger partial charge in [0, 0.05) is 6.54 Å². The maximum absolute atomic E-state index is 13.4. The molecular weight excluding hydrogens is 172 g/mol. The fourth-order valence-electron chi connectivity index (χ4n) is 1.64. The van der Waals surface area contributed by atoms with E-state index in [0.29, 0.717) is 25.1 Å². The van der Waals surface area contributed by atoms with Crippen LogP contribution in [0.2, 0.25) is 0 Å². The Labute approximate surface area is 75.8 Å². The summed E-state index contributed by atoms with van der Waals surface area (Å²) in [5.41, 5.74) is 1.37. The molecule has 1 nitrogen and oxygen atoms in total. The van der Waals surface area contributed by atoms with Gasteiger partial charge in [-0.2, -0.15) is 0 Å². The lowest BCUT2D eigenvalue weighted by atomic mass is 10.0. The second-order valence-electron chi connectivity index (χ2n) is 3.28. The molecule has 2 rings (SSSR count). The molecule has 1 aliphatic heterocycles. The Morgan fingerprint density at radius 3 is 3.08 bits per heavy atom. The van der Waals surface area contributed by atoms with E-state index in [9.17, 15) is 8.78 Å². The number of hydrogen-bond acceptors (Lipinski definition) is 1. The van der Waals surface area contributed by atoms with Crippen molar-refractivity contribution in [1.82, 2.24) is 5.32 Å². The number of nitrogens with one attached hydrogen (secondary N) is 1. The molecule has 0 saturated heterocycles. The molecule has 0 spiro atoms. The molecule has 0 aliphatic carbocycles. The maximum atomic E-state index is 13.4. The molecule has 1 heterocycles. The van der Waals surface area contributed by atoms with Gasteiger partial charge < -0.3 is 5.32 Å². The lowest BCUT2D eigenvalue weighted by Gasteiger charge is -2.08. The smallest absolute Gasteiger partial charge is 0.127 e. The Bertz CT molecular complexity index is 312. The van der Waals surface area contributed by atoms with E-state index in [1.54, 1.807) is 6.07 Å². The fourth-order valence-corrected chi connectivity index (χ4v) is 1.64. The summed E-state index contributed by atoms with van der Waals surface area (Å²) in [6.45, 7) is 1.21. The van der Waals surface area contributed by atoms with Gasteiger partial charge in [0.2, 0.25) is 0 Å².